The summed E-state index contributed by atoms with van der Waals surface area (Å²) < 4.78 is 5.58. The summed E-state index contributed by atoms with van der Waals surface area (Å²) in [6.45, 7) is 2.16. The standard InChI is InChI=1S/C13H18Cl2N2O/c14-9-3-4-11(12(15)6-9)13(7-16)17-8-10-2-1-5-18-10/h3-4,6,10,13,17H,1-2,5,7-8,16H2. The summed E-state index contributed by atoms with van der Waals surface area (Å²) in [6.07, 6.45) is 2.55. The Hall–Kier alpha value is -0.320. The minimum absolute atomic E-state index is 0.0407. The maximum Gasteiger partial charge on any atom is 0.0700 e. The Morgan fingerprint density at radius 3 is 2.89 bits per heavy atom. The lowest BCUT2D eigenvalue weighted by Gasteiger charge is -2.20. The first-order valence-corrected chi connectivity index (χ1v) is 6.96. The Morgan fingerprint density at radius 2 is 2.28 bits per heavy atom. The van der Waals surface area contributed by atoms with Gasteiger partial charge in [0.05, 0.1) is 6.10 Å². The van der Waals surface area contributed by atoms with Crippen LogP contribution in [0.4, 0.5) is 0 Å². The summed E-state index contributed by atoms with van der Waals surface area (Å²) in [5, 5.41) is 4.70. The van der Waals surface area contributed by atoms with Crippen molar-refractivity contribution >= 4 is 23.2 Å². The van der Waals surface area contributed by atoms with Gasteiger partial charge in [0.25, 0.3) is 0 Å². The van der Waals surface area contributed by atoms with Crippen molar-refractivity contribution < 1.29 is 4.74 Å². The van der Waals surface area contributed by atoms with Crippen LogP contribution in [0, 0.1) is 0 Å². The zero-order valence-electron chi connectivity index (χ0n) is 10.2. The van der Waals surface area contributed by atoms with Crippen LogP contribution < -0.4 is 11.1 Å². The van der Waals surface area contributed by atoms with Crippen molar-refractivity contribution in [2.75, 3.05) is 19.7 Å². The van der Waals surface area contributed by atoms with E-state index in [1.165, 1.54) is 0 Å². The first-order valence-electron chi connectivity index (χ1n) is 6.20. The van der Waals surface area contributed by atoms with E-state index in [0.717, 1.165) is 31.6 Å². The van der Waals surface area contributed by atoms with Crippen molar-refractivity contribution in [3.8, 4) is 0 Å². The maximum atomic E-state index is 6.19. The molecule has 3 nitrogen and oxygen atoms in total. The molecule has 0 spiro atoms. The fourth-order valence-corrected chi connectivity index (χ4v) is 2.72. The largest absolute Gasteiger partial charge is 0.377 e. The topological polar surface area (TPSA) is 47.3 Å². The molecular weight excluding hydrogens is 271 g/mol. The van der Waals surface area contributed by atoms with Gasteiger partial charge in [-0.05, 0) is 30.5 Å². The van der Waals surface area contributed by atoms with Gasteiger partial charge in [0.2, 0.25) is 0 Å². The summed E-state index contributed by atoms with van der Waals surface area (Å²) >= 11 is 12.1. The lowest BCUT2D eigenvalue weighted by atomic mass is 10.1. The molecule has 2 atom stereocenters. The van der Waals surface area contributed by atoms with Gasteiger partial charge >= 0.3 is 0 Å². The van der Waals surface area contributed by atoms with Crippen LogP contribution in [-0.2, 0) is 4.74 Å². The van der Waals surface area contributed by atoms with Gasteiger partial charge in [0, 0.05) is 35.8 Å². The minimum atomic E-state index is 0.0407. The van der Waals surface area contributed by atoms with E-state index in [-0.39, 0.29) is 6.04 Å². The number of nitrogens with one attached hydrogen (secondary N) is 1. The van der Waals surface area contributed by atoms with Gasteiger partial charge < -0.3 is 15.8 Å². The molecule has 0 aliphatic carbocycles. The third-order valence-electron chi connectivity index (χ3n) is 3.19. The number of benzene rings is 1. The predicted molar refractivity (Wildman–Crippen MR) is 75.2 cm³/mol. The van der Waals surface area contributed by atoms with Gasteiger partial charge in [0.15, 0.2) is 0 Å². The summed E-state index contributed by atoms with van der Waals surface area (Å²) in [6, 6.07) is 5.54. The van der Waals surface area contributed by atoms with Crippen LogP contribution in [0.3, 0.4) is 0 Å². The molecule has 1 saturated heterocycles. The van der Waals surface area contributed by atoms with E-state index >= 15 is 0 Å². The van der Waals surface area contributed by atoms with E-state index in [2.05, 4.69) is 5.32 Å². The Morgan fingerprint density at radius 1 is 1.44 bits per heavy atom. The third kappa shape index (κ3) is 3.59. The van der Waals surface area contributed by atoms with Crippen molar-refractivity contribution in [2.45, 2.75) is 25.0 Å². The molecule has 1 fully saturated rings. The molecule has 1 aliphatic rings. The highest BCUT2D eigenvalue weighted by Gasteiger charge is 2.18. The Bertz CT molecular complexity index is 395. The lowest BCUT2D eigenvalue weighted by molar-refractivity contribution is 0.107. The molecule has 2 unspecified atom stereocenters. The summed E-state index contributed by atoms with van der Waals surface area (Å²) in [5.74, 6) is 0. The molecule has 1 aromatic carbocycles. The number of hydrogen-bond donors (Lipinski definition) is 2. The van der Waals surface area contributed by atoms with Crippen molar-refractivity contribution in [3.05, 3.63) is 33.8 Å². The molecule has 1 aromatic rings. The number of rotatable bonds is 5. The zero-order chi connectivity index (χ0) is 13.0. The molecule has 5 heteroatoms. The van der Waals surface area contributed by atoms with Gasteiger partial charge in [-0.1, -0.05) is 29.3 Å². The SMILES string of the molecule is NCC(NCC1CCCO1)c1ccc(Cl)cc1Cl. The average molecular weight is 289 g/mol. The van der Waals surface area contributed by atoms with Crippen LogP contribution in [0.1, 0.15) is 24.4 Å². The van der Waals surface area contributed by atoms with E-state index in [1.54, 1.807) is 6.07 Å². The van der Waals surface area contributed by atoms with Crippen LogP contribution in [0.15, 0.2) is 18.2 Å². The van der Waals surface area contributed by atoms with Crippen LogP contribution in [0.5, 0.6) is 0 Å². The number of ether oxygens (including phenoxy) is 1. The molecule has 0 amide bonds. The van der Waals surface area contributed by atoms with E-state index in [1.807, 2.05) is 12.1 Å². The van der Waals surface area contributed by atoms with Crippen molar-refractivity contribution in [3.63, 3.8) is 0 Å². The molecular formula is C13H18Cl2N2O. The Kier molecular flexibility index (Phi) is 5.27. The second kappa shape index (κ2) is 6.73. The van der Waals surface area contributed by atoms with Crippen LogP contribution in [0.2, 0.25) is 10.0 Å². The Labute approximate surface area is 118 Å². The minimum Gasteiger partial charge on any atom is -0.377 e. The van der Waals surface area contributed by atoms with Gasteiger partial charge in [-0.15, -0.1) is 0 Å². The molecule has 2 rings (SSSR count). The Balaban J connectivity index is 1.98. The highest BCUT2D eigenvalue weighted by molar-refractivity contribution is 6.35. The second-order valence-electron chi connectivity index (χ2n) is 4.50. The molecule has 100 valence electrons. The predicted octanol–water partition coefficient (Wildman–Crippen LogP) is 2.76. The summed E-state index contributed by atoms with van der Waals surface area (Å²) in [5.41, 5.74) is 6.79. The molecule has 0 bridgehead atoms. The highest BCUT2D eigenvalue weighted by Crippen LogP contribution is 2.26. The third-order valence-corrected chi connectivity index (χ3v) is 3.75. The maximum absolute atomic E-state index is 6.19. The molecule has 3 N–H and O–H groups in total. The van der Waals surface area contributed by atoms with Gasteiger partial charge in [-0.25, -0.2) is 0 Å². The number of hydrogen-bond acceptors (Lipinski definition) is 3. The van der Waals surface area contributed by atoms with E-state index in [9.17, 15) is 0 Å². The lowest BCUT2D eigenvalue weighted by Crippen LogP contribution is -2.34. The molecule has 0 aromatic heterocycles. The van der Waals surface area contributed by atoms with Crippen LogP contribution in [0.25, 0.3) is 0 Å². The van der Waals surface area contributed by atoms with Gasteiger partial charge in [-0.2, -0.15) is 0 Å². The number of nitrogens with two attached hydrogens (primary N) is 1. The first-order chi connectivity index (χ1) is 8.70. The number of halogens is 2. The quantitative estimate of drug-likeness (QED) is 0.876. The molecule has 0 radical (unpaired) electrons. The second-order valence-corrected chi connectivity index (χ2v) is 5.34. The van der Waals surface area contributed by atoms with Crippen LogP contribution >= 0.6 is 23.2 Å². The monoisotopic (exact) mass is 288 g/mol. The van der Waals surface area contributed by atoms with E-state index in [0.29, 0.717) is 22.7 Å². The van der Waals surface area contributed by atoms with Crippen molar-refractivity contribution in [2.24, 2.45) is 5.73 Å². The summed E-state index contributed by atoms with van der Waals surface area (Å²) in [7, 11) is 0. The van der Waals surface area contributed by atoms with Gasteiger partial charge in [0.1, 0.15) is 0 Å². The first kappa shape index (κ1) is 14.1. The normalized spacial score (nSPS) is 21.2. The van der Waals surface area contributed by atoms with Crippen LogP contribution in [-0.4, -0.2) is 25.8 Å². The fourth-order valence-electron chi connectivity index (χ4n) is 2.18. The van der Waals surface area contributed by atoms with Crippen molar-refractivity contribution in [1.29, 1.82) is 0 Å². The van der Waals surface area contributed by atoms with E-state index in [4.69, 9.17) is 33.7 Å². The van der Waals surface area contributed by atoms with E-state index < -0.39 is 0 Å². The zero-order valence-corrected chi connectivity index (χ0v) is 11.7. The molecule has 1 heterocycles. The molecule has 1 aliphatic heterocycles. The molecule has 0 saturated carbocycles. The smallest absolute Gasteiger partial charge is 0.0700 e. The molecule has 18 heavy (non-hydrogen) atoms. The highest BCUT2D eigenvalue weighted by atomic mass is 35.5. The van der Waals surface area contributed by atoms with Crippen molar-refractivity contribution in [1.82, 2.24) is 5.32 Å². The fraction of sp³-hybridized carbons (Fsp3) is 0.538. The average Bonchev–Trinajstić information content (AvgIpc) is 2.85. The van der Waals surface area contributed by atoms with Gasteiger partial charge in [-0.3, -0.25) is 0 Å². The summed E-state index contributed by atoms with van der Waals surface area (Å²) in [4.78, 5) is 0.